The summed E-state index contributed by atoms with van der Waals surface area (Å²) in [5, 5.41) is 0. The standard InChI is InChI=1S/C7H8NO/c1-3-7(4-5-7)8(2)6-9/h1,6H,2,4-5H2/q+1. The van der Waals surface area contributed by atoms with Gasteiger partial charge in [0.1, 0.15) is 6.72 Å². The third-order valence-corrected chi connectivity index (χ3v) is 1.67. The van der Waals surface area contributed by atoms with Crippen molar-refractivity contribution in [2.24, 2.45) is 0 Å². The first-order valence-corrected chi connectivity index (χ1v) is 2.78. The van der Waals surface area contributed by atoms with E-state index in [1.807, 2.05) is 0 Å². The summed E-state index contributed by atoms with van der Waals surface area (Å²) in [5.41, 5.74) is -0.318. The Balaban J connectivity index is 2.74. The number of amides is 1. The fourth-order valence-electron chi connectivity index (χ4n) is 0.734. The predicted octanol–water partition coefficient (Wildman–Crippen LogP) is 0.0217. The van der Waals surface area contributed by atoms with E-state index in [0.29, 0.717) is 6.41 Å². The Labute approximate surface area is 54.2 Å². The van der Waals surface area contributed by atoms with Crippen LogP contribution < -0.4 is 0 Å². The van der Waals surface area contributed by atoms with Crippen LogP contribution in [0.1, 0.15) is 12.8 Å². The molecule has 0 aromatic heterocycles. The van der Waals surface area contributed by atoms with Crippen LogP contribution >= 0.6 is 0 Å². The molecule has 0 aliphatic heterocycles. The number of carbonyl (C=O) groups excluding carboxylic acids is 1. The molecule has 0 spiro atoms. The van der Waals surface area contributed by atoms with E-state index in [4.69, 9.17) is 6.42 Å². The lowest BCUT2D eigenvalue weighted by atomic mass is 10.3. The van der Waals surface area contributed by atoms with Crippen molar-refractivity contribution >= 4 is 13.1 Å². The van der Waals surface area contributed by atoms with Gasteiger partial charge in [-0.2, -0.15) is 4.58 Å². The van der Waals surface area contributed by atoms with Gasteiger partial charge in [0.05, 0.1) is 0 Å². The normalized spacial score (nSPS) is 19.9. The molecular weight excluding hydrogens is 114 g/mol. The van der Waals surface area contributed by atoms with Gasteiger partial charge < -0.3 is 0 Å². The van der Waals surface area contributed by atoms with E-state index in [-0.39, 0.29) is 5.54 Å². The first-order valence-electron chi connectivity index (χ1n) is 2.78. The van der Waals surface area contributed by atoms with Gasteiger partial charge in [0.25, 0.3) is 0 Å². The number of carbonyl (C=O) groups is 1. The lowest BCUT2D eigenvalue weighted by Crippen LogP contribution is -2.23. The third kappa shape index (κ3) is 0.746. The second-order valence-corrected chi connectivity index (χ2v) is 2.25. The summed E-state index contributed by atoms with van der Waals surface area (Å²) in [6.07, 6.45) is 7.62. The van der Waals surface area contributed by atoms with E-state index in [9.17, 15) is 4.79 Å². The Bertz CT molecular complexity index is 195. The monoisotopic (exact) mass is 122 g/mol. The lowest BCUT2D eigenvalue weighted by molar-refractivity contribution is -0.464. The van der Waals surface area contributed by atoms with Crippen LogP contribution in [0.3, 0.4) is 0 Å². The maximum absolute atomic E-state index is 10.1. The van der Waals surface area contributed by atoms with Crippen LogP contribution in [0.25, 0.3) is 0 Å². The molecule has 0 aromatic rings. The molecule has 0 N–H and O–H groups in total. The molecule has 0 aromatic carbocycles. The molecule has 0 radical (unpaired) electrons. The molecule has 0 heterocycles. The molecule has 1 saturated carbocycles. The highest BCUT2D eigenvalue weighted by Crippen LogP contribution is 2.36. The highest BCUT2D eigenvalue weighted by atomic mass is 16.1. The van der Waals surface area contributed by atoms with Gasteiger partial charge in [-0.1, -0.05) is 0 Å². The minimum atomic E-state index is -0.318. The highest BCUT2D eigenvalue weighted by Gasteiger charge is 2.51. The highest BCUT2D eigenvalue weighted by molar-refractivity contribution is 5.44. The molecule has 1 amide bonds. The minimum absolute atomic E-state index is 0.318. The summed E-state index contributed by atoms with van der Waals surface area (Å²) < 4.78 is 1.31. The van der Waals surface area contributed by atoms with Gasteiger partial charge in [-0.15, -0.1) is 6.42 Å². The predicted molar refractivity (Wildman–Crippen MR) is 34.2 cm³/mol. The van der Waals surface area contributed by atoms with Crippen LogP contribution in [0.5, 0.6) is 0 Å². The van der Waals surface area contributed by atoms with Gasteiger partial charge in [-0.3, -0.25) is 0 Å². The van der Waals surface area contributed by atoms with Gasteiger partial charge in [0.15, 0.2) is 0 Å². The van der Waals surface area contributed by atoms with E-state index in [0.717, 1.165) is 12.8 Å². The van der Waals surface area contributed by atoms with Crippen LogP contribution in [0.4, 0.5) is 0 Å². The summed E-state index contributed by atoms with van der Waals surface area (Å²) >= 11 is 0. The molecule has 1 aliphatic carbocycles. The van der Waals surface area contributed by atoms with Crippen molar-refractivity contribution in [1.29, 1.82) is 0 Å². The average Bonchev–Trinajstić information content (AvgIpc) is 2.66. The molecule has 1 fully saturated rings. The molecule has 2 heteroatoms. The summed E-state index contributed by atoms with van der Waals surface area (Å²) in [6.45, 7) is 3.48. The maximum atomic E-state index is 10.1. The van der Waals surface area contributed by atoms with Gasteiger partial charge in [0, 0.05) is 12.8 Å². The third-order valence-electron chi connectivity index (χ3n) is 1.67. The fraction of sp³-hybridized carbons (Fsp3) is 0.429. The number of hydrogen-bond acceptors (Lipinski definition) is 1. The summed E-state index contributed by atoms with van der Waals surface area (Å²) in [4.78, 5) is 10.1. The molecular formula is C7H8NO+. The molecule has 1 rings (SSSR count). The zero-order valence-corrected chi connectivity index (χ0v) is 5.13. The van der Waals surface area contributed by atoms with Crippen molar-refractivity contribution in [2.45, 2.75) is 18.4 Å². The fourth-order valence-corrected chi connectivity index (χ4v) is 0.734. The van der Waals surface area contributed by atoms with Crippen molar-refractivity contribution in [3.63, 3.8) is 0 Å². The number of rotatable bonds is 2. The van der Waals surface area contributed by atoms with E-state index in [2.05, 4.69) is 12.6 Å². The van der Waals surface area contributed by atoms with Crippen LogP contribution in [0, 0.1) is 12.3 Å². The topological polar surface area (TPSA) is 20.1 Å². The first kappa shape index (κ1) is 6.03. The first-order chi connectivity index (χ1) is 4.25. The maximum Gasteiger partial charge on any atom is 0.375 e. The molecule has 0 bridgehead atoms. The molecule has 0 saturated heterocycles. The van der Waals surface area contributed by atoms with Crippen molar-refractivity contribution < 1.29 is 9.37 Å². The van der Waals surface area contributed by atoms with Gasteiger partial charge >= 0.3 is 6.41 Å². The quantitative estimate of drug-likeness (QED) is 0.219. The minimum Gasteiger partial charge on any atom is -0.223 e. The zero-order valence-electron chi connectivity index (χ0n) is 5.13. The van der Waals surface area contributed by atoms with E-state index >= 15 is 0 Å². The Morgan fingerprint density at radius 1 is 1.78 bits per heavy atom. The lowest BCUT2D eigenvalue weighted by Gasteiger charge is -1.95. The van der Waals surface area contributed by atoms with Crippen molar-refractivity contribution in [3.05, 3.63) is 0 Å². The molecule has 0 atom stereocenters. The molecule has 9 heavy (non-hydrogen) atoms. The Kier molecular flexibility index (Phi) is 1.14. The van der Waals surface area contributed by atoms with E-state index in [1.54, 1.807) is 0 Å². The van der Waals surface area contributed by atoms with Crippen molar-refractivity contribution in [2.75, 3.05) is 0 Å². The Hall–Kier alpha value is -1.10. The average molecular weight is 122 g/mol. The summed E-state index contributed by atoms with van der Waals surface area (Å²) in [7, 11) is 0. The number of nitrogens with zero attached hydrogens (tertiary/aromatic N) is 1. The molecule has 0 unspecified atom stereocenters. The van der Waals surface area contributed by atoms with E-state index < -0.39 is 0 Å². The zero-order chi connectivity index (χ0) is 6.91. The smallest absolute Gasteiger partial charge is 0.223 e. The Morgan fingerprint density at radius 2 is 2.33 bits per heavy atom. The molecule has 1 aliphatic rings. The van der Waals surface area contributed by atoms with Gasteiger partial charge in [0.2, 0.25) is 5.54 Å². The van der Waals surface area contributed by atoms with Crippen LogP contribution in [-0.2, 0) is 4.79 Å². The van der Waals surface area contributed by atoms with Gasteiger partial charge in [-0.25, -0.2) is 4.79 Å². The van der Waals surface area contributed by atoms with Crippen LogP contribution in [0.2, 0.25) is 0 Å². The van der Waals surface area contributed by atoms with Crippen LogP contribution in [0.15, 0.2) is 0 Å². The summed E-state index contributed by atoms with van der Waals surface area (Å²) in [5.74, 6) is 2.54. The van der Waals surface area contributed by atoms with Crippen LogP contribution in [-0.4, -0.2) is 23.2 Å². The van der Waals surface area contributed by atoms with E-state index in [1.165, 1.54) is 4.58 Å². The van der Waals surface area contributed by atoms with Gasteiger partial charge in [-0.05, 0) is 5.92 Å². The largest absolute Gasteiger partial charge is 0.375 e. The number of terminal acetylenes is 1. The second-order valence-electron chi connectivity index (χ2n) is 2.25. The molecule has 2 nitrogen and oxygen atoms in total. The van der Waals surface area contributed by atoms with Crippen molar-refractivity contribution in [1.82, 2.24) is 0 Å². The van der Waals surface area contributed by atoms with Crippen molar-refractivity contribution in [3.8, 4) is 12.3 Å². The SMILES string of the molecule is C#CC1([N+](=C)C=O)CC1. The number of hydrogen-bond donors (Lipinski definition) is 0. The molecule has 46 valence electrons. The summed E-state index contributed by atoms with van der Waals surface area (Å²) in [6, 6.07) is 0. The second kappa shape index (κ2) is 1.70. The Morgan fingerprint density at radius 3 is 2.44 bits per heavy atom.